The number of nitrogens with two attached hydrogens (primary N) is 2. The van der Waals surface area contributed by atoms with Gasteiger partial charge in [-0.3, -0.25) is 4.79 Å². The molecule has 0 saturated carbocycles. The van der Waals surface area contributed by atoms with Crippen molar-refractivity contribution < 1.29 is 9.53 Å². The van der Waals surface area contributed by atoms with Crippen LogP contribution in [0.5, 0.6) is 5.75 Å². The van der Waals surface area contributed by atoms with Crippen LogP contribution in [0.1, 0.15) is 11.1 Å². The minimum atomic E-state index is 0.0757. The molecule has 2 aromatic rings. The zero-order valence-corrected chi connectivity index (χ0v) is 11.4. The van der Waals surface area contributed by atoms with Gasteiger partial charge in [-0.15, -0.1) is 0 Å². The van der Waals surface area contributed by atoms with Crippen LogP contribution in [0.2, 0.25) is 0 Å². The molecule has 0 saturated heterocycles. The van der Waals surface area contributed by atoms with Crippen molar-refractivity contribution in [2.24, 2.45) is 0 Å². The molecule has 0 aliphatic carbocycles. The van der Waals surface area contributed by atoms with Crippen molar-refractivity contribution in [3.63, 3.8) is 0 Å². The summed E-state index contributed by atoms with van der Waals surface area (Å²) in [6, 6.07) is 12.7. The molecule has 2 aromatic carbocycles. The van der Waals surface area contributed by atoms with Gasteiger partial charge < -0.3 is 16.2 Å². The third kappa shape index (κ3) is 3.29. The van der Waals surface area contributed by atoms with Gasteiger partial charge in [0.1, 0.15) is 11.5 Å². The highest BCUT2D eigenvalue weighted by molar-refractivity contribution is 5.85. The molecule has 0 aliphatic rings. The number of methoxy groups -OCH3 is 1. The Morgan fingerprint density at radius 1 is 1.05 bits per heavy atom. The zero-order valence-electron chi connectivity index (χ0n) is 11.4. The molecule has 4 nitrogen and oxygen atoms in total. The number of Topliss-reactive ketones (excluding diaryl/α,β-unsaturated/α-hetero) is 1. The maximum absolute atomic E-state index is 12.2. The molecular weight excluding hydrogens is 252 g/mol. The van der Waals surface area contributed by atoms with E-state index < -0.39 is 0 Å². The predicted octanol–water partition coefficient (Wildman–Crippen LogP) is 2.21. The highest BCUT2D eigenvalue weighted by Crippen LogP contribution is 2.22. The van der Waals surface area contributed by atoms with Crippen LogP contribution in [0.15, 0.2) is 42.5 Å². The summed E-state index contributed by atoms with van der Waals surface area (Å²) in [5, 5.41) is 0. The van der Waals surface area contributed by atoms with E-state index in [1.807, 2.05) is 18.2 Å². The molecule has 0 unspecified atom stereocenters. The van der Waals surface area contributed by atoms with E-state index in [4.69, 9.17) is 16.2 Å². The quantitative estimate of drug-likeness (QED) is 0.816. The molecule has 0 aliphatic heterocycles. The fraction of sp³-hybridized carbons (Fsp3) is 0.188. The summed E-state index contributed by atoms with van der Waals surface area (Å²) >= 11 is 0. The highest BCUT2D eigenvalue weighted by Gasteiger charge is 2.11. The fourth-order valence-electron chi connectivity index (χ4n) is 2.12. The van der Waals surface area contributed by atoms with E-state index in [0.29, 0.717) is 23.5 Å². The van der Waals surface area contributed by atoms with E-state index in [2.05, 4.69) is 0 Å². The predicted molar refractivity (Wildman–Crippen MR) is 80.7 cm³/mol. The molecule has 0 aromatic heterocycles. The Morgan fingerprint density at radius 3 is 2.45 bits per heavy atom. The molecular formula is C16H18N2O2. The van der Waals surface area contributed by atoms with Gasteiger partial charge in [0.25, 0.3) is 0 Å². The molecule has 104 valence electrons. The molecule has 0 bridgehead atoms. The van der Waals surface area contributed by atoms with Crippen molar-refractivity contribution in [3.05, 3.63) is 53.6 Å². The molecule has 20 heavy (non-hydrogen) atoms. The van der Waals surface area contributed by atoms with Crippen LogP contribution in [0.25, 0.3) is 0 Å². The number of benzene rings is 2. The topological polar surface area (TPSA) is 78.3 Å². The minimum absolute atomic E-state index is 0.0757. The number of rotatable bonds is 5. The third-order valence-electron chi connectivity index (χ3n) is 3.13. The number of ketones is 1. The first kappa shape index (κ1) is 13.9. The second-order valence-corrected chi connectivity index (χ2v) is 4.66. The molecule has 0 spiro atoms. The summed E-state index contributed by atoms with van der Waals surface area (Å²) in [7, 11) is 1.58. The van der Waals surface area contributed by atoms with Crippen molar-refractivity contribution in [2.75, 3.05) is 18.6 Å². The number of para-hydroxylation sites is 1. The lowest BCUT2D eigenvalue weighted by molar-refractivity contribution is -0.117. The number of hydrogen-bond donors (Lipinski definition) is 2. The summed E-state index contributed by atoms with van der Waals surface area (Å²) in [4.78, 5) is 12.2. The fourth-order valence-corrected chi connectivity index (χ4v) is 2.12. The Bertz CT molecular complexity index is 624. The number of anilines is 2. The molecule has 0 atom stereocenters. The summed E-state index contributed by atoms with van der Waals surface area (Å²) in [5.74, 6) is 0.750. The van der Waals surface area contributed by atoms with Crippen LogP contribution in [0.4, 0.5) is 11.4 Å². The zero-order chi connectivity index (χ0) is 14.5. The smallest absolute Gasteiger partial charge is 0.141 e. The molecule has 4 N–H and O–H groups in total. The molecule has 4 heteroatoms. The maximum atomic E-state index is 12.2. The largest absolute Gasteiger partial charge is 0.496 e. The molecule has 0 heterocycles. The van der Waals surface area contributed by atoms with Crippen molar-refractivity contribution >= 4 is 17.2 Å². The summed E-state index contributed by atoms with van der Waals surface area (Å²) in [6.45, 7) is 0. The SMILES string of the molecule is COc1ccc(N)cc1CC(=O)Cc1ccccc1N. The van der Waals surface area contributed by atoms with E-state index in [1.165, 1.54) is 0 Å². The number of ether oxygens (including phenoxy) is 1. The van der Waals surface area contributed by atoms with Crippen molar-refractivity contribution in [3.8, 4) is 5.75 Å². The van der Waals surface area contributed by atoms with Crippen molar-refractivity contribution in [1.29, 1.82) is 0 Å². The lowest BCUT2D eigenvalue weighted by Gasteiger charge is -2.09. The van der Waals surface area contributed by atoms with Gasteiger partial charge in [-0.05, 0) is 29.8 Å². The Balaban J connectivity index is 2.12. The van der Waals surface area contributed by atoms with Gasteiger partial charge in [-0.25, -0.2) is 0 Å². The van der Waals surface area contributed by atoms with Crippen LogP contribution < -0.4 is 16.2 Å². The number of nitrogen functional groups attached to an aromatic ring is 2. The highest BCUT2D eigenvalue weighted by atomic mass is 16.5. The second kappa shape index (κ2) is 6.10. The lowest BCUT2D eigenvalue weighted by Crippen LogP contribution is -2.09. The third-order valence-corrected chi connectivity index (χ3v) is 3.13. The molecule has 0 radical (unpaired) electrons. The molecule has 2 rings (SSSR count). The monoisotopic (exact) mass is 270 g/mol. The summed E-state index contributed by atoms with van der Waals surface area (Å²) in [5.41, 5.74) is 14.5. The van der Waals surface area contributed by atoms with Crippen molar-refractivity contribution in [1.82, 2.24) is 0 Å². The average Bonchev–Trinajstić information content (AvgIpc) is 2.41. The van der Waals surface area contributed by atoms with Gasteiger partial charge in [0.15, 0.2) is 0 Å². The van der Waals surface area contributed by atoms with Gasteiger partial charge in [0.05, 0.1) is 7.11 Å². The first-order chi connectivity index (χ1) is 9.60. The van der Waals surface area contributed by atoms with E-state index in [-0.39, 0.29) is 12.2 Å². The van der Waals surface area contributed by atoms with E-state index in [0.717, 1.165) is 11.1 Å². The lowest BCUT2D eigenvalue weighted by atomic mass is 10.0. The first-order valence-corrected chi connectivity index (χ1v) is 6.37. The van der Waals surface area contributed by atoms with E-state index in [9.17, 15) is 4.79 Å². The van der Waals surface area contributed by atoms with E-state index >= 15 is 0 Å². The van der Waals surface area contributed by atoms with Crippen LogP contribution in [0.3, 0.4) is 0 Å². The Kier molecular flexibility index (Phi) is 4.25. The van der Waals surface area contributed by atoms with Gasteiger partial charge in [0, 0.05) is 29.8 Å². The van der Waals surface area contributed by atoms with Crippen LogP contribution in [-0.4, -0.2) is 12.9 Å². The number of hydrogen-bond acceptors (Lipinski definition) is 4. The Morgan fingerprint density at radius 2 is 1.75 bits per heavy atom. The second-order valence-electron chi connectivity index (χ2n) is 4.66. The number of carbonyl (C=O) groups excluding carboxylic acids is 1. The van der Waals surface area contributed by atoms with Gasteiger partial charge >= 0.3 is 0 Å². The Hall–Kier alpha value is -2.49. The summed E-state index contributed by atoms with van der Waals surface area (Å²) in [6.07, 6.45) is 0.590. The van der Waals surface area contributed by atoms with Crippen LogP contribution in [-0.2, 0) is 17.6 Å². The normalized spacial score (nSPS) is 10.2. The minimum Gasteiger partial charge on any atom is -0.496 e. The average molecular weight is 270 g/mol. The first-order valence-electron chi connectivity index (χ1n) is 6.37. The van der Waals surface area contributed by atoms with Crippen molar-refractivity contribution in [2.45, 2.75) is 12.8 Å². The number of carbonyl (C=O) groups is 1. The van der Waals surface area contributed by atoms with Crippen LogP contribution >= 0.6 is 0 Å². The molecule has 0 amide bonds. The van der Waals surface area contributed by atoms with E-state index in [1.54, 1.807) is 31.4 Å². The van der Waals surface area contributed by atoms with Gasteiger partial charge in [-0.2, -0.15) is 0 Å². The van der Waals surface area contributed by atoms with Crippen LogP contribution in [0, 0.1) is 0 Å². The summed E-state index contributed by atoms with van der Waals surface area (Å²) < 4.78 is 5.24. The Labute approximate surface area is 118 Å². The standard InChI is InChI=1S/C16H18N2O2/c1-20-16-7-6-13(17)8-12(16)10-14(19)9-11-4-2-3-5-15(11)18/h2-8H,9-10,17-18H2,1H3. The molecule has 0 fully saturated rings. The van der Waals surface area contributed by atoms with Gasteiger partial charge in [0.2, 0.25) is 0 Å². The maximum Gasteiger partial charge on any atom is 0.141 e. The van der Waals surface area contributed by atoms with Gasteiger partial charge in [-0.1, -0.05) is 18.2 Å².